The number of aliphatic imine (C=N–C) groups is 2. The SMILES string of the molecule is C(=Nc1ccccc1)[N-]c1ccccc1.C(=Nc1ccccc1)[N-]c1ccccc1.CC(C)N1[CH-]N(c2[c-]cccc2)c2ncc3c(c21)C1CCC3(C)C1(C)C.CC(C)N1[CH-]N(c2[c-]cccc2)c2ncc3c(c21)C1CCC3(C)C1(C)C.[Pt].[Pt]. The van der Waals surface area contributed by atoms with Crippen molar-refractivity contribution in [1.82, 2.24) is 9.97 Å². The summed E-state index contributed by atoms with van der Waals surface area (Å²) < 4.78 is 0. The van der Waals surface area contributed by atoms with Crippen molar-refractivity contribution in [3.63, 3.8) is 0 Å². The van der Waals surface area contributed by atoms with Crippen LogP contribution in [0.15, 0.2) is 192 Å². The summed E-state index contributed by atoms with van der Waals surface area (Å²) in [6.45, 7) is 28.2. The molecule has 6 aromatic carbocycles. The molecule has 2 aromatic heterocycles. The van der Waals surface area contributed by atoms with Crippen LogP contribution in [0.4, 0.5) is 57.1 Å². The van der Waals surface area contributed by atoms with Gasteiger partial charge in [-0.2, -0.15) is 60.7 Å². The molecule has 2 aliphatic heterocycles. The quantitative estimate of drug-likeness (QED) is 0.0770. The minimum atomic E-state index is 0. The summed E-state index contributed by atoms with van der Waals surface area (Å²) in [4.78, 5) is 27.6. The Kier molecular flexibility index (Phi) is 18.9. The molecular weight excluding hydrogens is 1400 g/mol. The molecular formula is C72H76N10Pt2-6. The van der Waals surface area contributed by atoms with Crippen molar-refractivity contribution in [2.24, 2.45) is 20.8 Å². The third-order valence-corrected chi connectivity index (χ3v) is 18.8. The van der Waals surface area contributed by atoms with Gasteiger partial charge >= 0.3 is 0 Å². The van der Waals surface area contributed by atoms with Crippen LogP contribution < -0.4 is 19.6 Å². The molecule has 0 radical (unpaired) electrons. The van der Waals surface area contributed by atoms with Crippen molar-refractivity contribution in [2.45, 2.75) is 130 Å². The third kappa shape index (κ3) is 11.5. The molecule has 2 saturated carbocycles. The molecule has 4 bridgehead atoms. The van der Waals surface area contributed by atoms with E-state index in [1.54, 1.807) is 23.8 Å². The molecule has 0 saturated heterocycles. The minimum absolute atomic E-state index is 0. The summed E-state index contributed by atoms with van der Waals surface area (Å²) in [5.41, 5.74) is 15.6. The molecule has 4 heterocycles. The molecule has 4 unspecified atom stereocenters. The number of nitrogens with zero attached hydrogens (tertiary/aromatic N) is 10. The van der Waals surface area contributed by atoms with E-state index in [2.05, 4.69) is 172 Å². The van der Waals surface area contributed by atoms with Crippen LogP contribution in [0.3, 0.4) is 0 Å². The normalized spacial score (nSPS) is 21.0. The number of rotatable bonds is 10. The van der Waals surface area contributed by atoms with Gasteiger partial charge in [-0.05, 0) is 133 Å². The van der Waals surface area contributed by atoms with Crippen LogP contribution in [0.2, 0.25) is 0 Å². The molecule has 6 aliphatic rings. The molecule has 4 atom stereocenters. The number of anilines is 6. The van der Waals surface area contributed by atoms with E-state index in [0.717, 1.165) is 45.8 Å². The average Bonchev–Trinajstić information content (AvgIpc) is 1.56. The number of hydrogen-bond acceptors (Lipinski definition) is 8. The summed E-state index contributed by atoms with van der Waals surface area (Å²) in [5, 5.41) is 8.42. The Hall–Kier alpha value is -6.86. The Labute approximate surface area is 528 Å². The predicted molar refractivity (Wildman–Crippen MR) is 341 cm³/mol. The van der Waals surface area contributed by atoms with Crippen molar-refractivity contribution in [1.29, 1.82) is 0 Å². The summed E-state index contributed by atoms with van der Waals surface area (Å²) in [6.07, 6.45) is 12.6. The Morgan fingerprint density at radius 3 is 1.18 bits per heavy atom. The van der Waals surface area contributed by atoms with Gasteiger partial charge in [0.1, 0.15) is 11.6 Å². The molecule has 10 nitrogen and oxygen atoms in total. The number of fused-ring (bicyclic) bond motifs is 14. The summed E-state index contributed by atoms with van der Waals surface area (Å²) >= 11 is 0. The van der Waals surface area contributed by atoms with Crippen molar-refractivity contribution in [3.05, 3.63) is 241 Å². The Morgan fingerprint density at radius 1 is 0.500 bits per heavy atom. The van der Waals surface area contributed by atoms with Gasteiger partial charge in [0.15, 0.2) is 0 Å². The van der Waals surface area contributed by atoms with Crippen molar-refractivity contribution in [3.8, 4) is 0 Å². The van der Waals surface area contributed by atoms with Gasteiger partial charge < -0.3 is 40.2 Å². The second-order valence-corrected chi connectivity index (χ2v) is 24.4. The minimum Gasteiger partial charge on any atom is -0.498 e. The van der Waals surface area contributed by atoms with Crippen molar-refractivity contribution in [2.75, 3.05) is 19.6 Å². The second kappa shape index (κ2) is 25.8. The molecule has 4 aliphatic carbocycles. The molecule has 0 spiro atoms. The van der Waals surface area contributed by atoms with E-state index in [0.29, 0.717) is 34.7 Å². The molecule has 2 fully saturated rings. The van der Waals surface area contributed by atoms with Gasteiger partial charge in [-0.1, -0.05) is 176 Å². The van der Waals surface area contributed by atoms with E-state index in [4.69, 9.17) is 9.97 Å². The topological polar surface area (TPSA) is 91.7 Å². The monoisotopic (exact) mass is 1470 g/mol. The first-order valence-corrected chi connectivity index (χ1v) is 29.1. The maximum absolute atomic E-state index is 4.98. The molecule has 14 rings (SSSR count). The average molecular weight is 1470 g/mol. The Balaban J connectivity index is 0.000000138. The molecule has 0 amide bonds. The van der Waals surface area contributed by atoms with Crippen LogP contribution in [0, 0.1) is 36.3 Å². The molecule has 12 heteroatoms. The number of para-hydroxylation sites is 6. The number of hydrogen-bond donors (Lipinski definition) is 0. The van der Waals surface area contributed by atoms with Crippen LogP contribution in [0.5, 0.6) is 0 Å². The van der Waals surface area contributed by atoms with E-state index < -0.39 is 0 Å². The fraction of sp³-hybridized carbons (Fsp3) is 0.306. The van der Waals surface area contributed by atoms with Crippen molar-refractivity contribution >= 4 is 69.8 Å². The van der Waals surface area contributed by atoms with Crippen LogP contribution in [-0.4, -0.2) is 34.7 Å². The van der Waals surface area contributed by atoms with Crippen LogP contribution in [0.25, 0.3) is 10.6 Å². The number of benzene rings is 6. The van der Waals surface area contributed by atoms with Gasteiger partial charge in [0.05, 0.1) is 11.4 Å². The van der Waals surface area contributed by atoms with Gasteiger partial charge in [-0.15, -0.1) is 24.7 Å². The smallest absolute Gasteiger partial charge is 0.124 e. The summed E-state index contributed by atoms with van der Waals surface area (Å²) in [7, 11) is 0. The first-order valence-electron chi connectivity index (χ1n) is 29.1. The summed E-state index contributed by atoms with van der Waals surface area (Å²) in [6, 6.07) is 62.9. The van der Waals surface area contributed by atoms with Crippen molar-refractivity contribution < 1.29 is 42.1 Å². The van der Waals surface area contributed by atoms with E-state index in [-0.39, 0.29) is 53.0 Å². The van der Waals surface area contributed by atoms with Gasteiger partial charge in [-0.3, -0.25) is 0 Å². The molecule has 440 valence electrons. The fourth-order valence-corrected chi connectivity index (χ4v) is 13.5. The van der Waals surface area contributed by atoms with E-state index in [1.807, 2.05) is 146 Å². The van der Waals surface area contributed by atoms with Crippen LogP contribution in [-0.2, 0) is 53.0 Å². The number of aromatic nitrogens is 2. The molecule has 8 aromatic rings. The van der Waals surface area contributed by atoms with Crippen LogP contribution >= 0.6 is 0 Å². The second-order valence-electron chi connectivity index (χ2n) is 24.4. The standard InChI is InChI=1S/2C23H27N3.2C13H11N2.2Pt/c2*1-15(2)25-14-26(16-9-7-6-8-10-16)21-20(25)19-17-11-12-23(5,22(17,3)4)18(19)13-24-21;2*1-3-7-12(8-4-1)14-11-15-13-9-5-2-6-10-13;;/h2*6-9,13-15,17H,11-12H2,1-5H3;2*1-11H;;/q2*-2;2*-1;;. The van der Waals surface area contributed by atoms with Gasteiger partial charge in [0, 0.05) is 65.4 Å². The maximum atomic E-state index is 4.98. The summed E-state index contributed by atoms with van der Waals surface area (Å²) in [5.74, 6) is 3.36. The maximum Gasteiger partial charge on any atom is 0.124 e. The fourth-order valence-electron chi connectivity index (χ4n) is 13.5. The first-order chi connectivity index (χ1) is 39.6. The van der Waals surface area contributed by atoms with Gasteiger partial charge in [0.25, 0.3) is 0 Å². The molecule has 0 N–H and O–H groups in total. The number of pyridine rings is 2. The Morgan fingerprint density at radius 2 is 0.845 bits per heavy atom. The van der Waals surface area contributed by atoms with E-state index in [1.165, 1.54) is 48.2 Å². The van der Waals surface area contributed by atoms with Crippen LogP contribution in [0.1, 0.15) is 129 Å². The largest absolute Gasteiger partial charge is 0.498 e. The first kappa shape index (κ1) is 61.7. The van der Waals surface area contributed by atoms with E-state index in [9.17, 15) is 0 Å². The third-order valence-electron chi connectivity index (χ3n) is 18.8. The van der Waals surface area contributed by atoms with Gasteiger partial charge in [-0.25, -0.2) is 9.97 Å². The zero-order valence-corrected chi connectivity index (χ0v) is 54.4. The predicted octanol–water partition coefficient (Wildman–Crippen LogP) is 19.2. The molecule has 84 heavy (non-hydrogen) atoms. The zero-order chi connectivity index (χ0) is 57.2. The Bertz CT molecular complexity index is 3280. The zero-order valence-electron chi connectivity index (χ0n) is 49.9. The van der Waals surface area contributed by atoms with E-state index >= 15 is 0 Å². The van der Waals surface area contributed by atoms with Gasteiger partial charge in [0.2, 0.25) is 0 Å².